The van der Waals surface area contributed by atoms with Crippen molar-refractivity contribution in [1.82, 2.24) is 9.55 Å². The quantitative estimate of drug-likeness (QED) is 0.737. The van der Waals surface area contributed by atoms with Crippen molar-refractivity contribution in [3.05, 3.63) is 32.6 Å². The molecule has 1 aliphatic heterocycles. The van der Waals surface area contributed by atoms with Gasteiger partial charge >= 0.3 is 5.69 Å². The zero-order chi connectivity index (χ0) is 16.6. The molecule has 1 saturated heterocycles. The predicted octanol–water partition coefficient (Wildman–Crippen LogP) is 0.505. The molecule has 1 aromatic heterocycles. The van der Waals surface area contributed by atoms with Crippen molar-refractivity contribution in [1.29, 1.82) is 0 Å². The highest BCUT2D eigenvalue weighted by Gasteiger charge is 2.34. The smallest absolute Gasteiger partial charge is 0.330 e. The Balaban J connectivity index is 0.000000921. The van der Waals surface area contributed by atoms with Crippen LogP contribution in [0.3, 0.4) is 0 Å². The molecule has 7 nitrogen and oxygen atoms in total. The summed E-state index contributed by atoms with van der Waals surface area (Å²) in [4.78, 5) is 25.0. The number of hydrogen-bond donors (Lipinski definition) is 3. The van der Waals surface area contributed by atoms with E-state index in [0.29, 0.717) is 5.56 Å². The maximum atomic E-state index is 11.6. The number of nitrogens with two attached hydrogens (primary N) is 1. The molecule has 4 N–H and O–H groups in total. The summed E-state index contributed by atoms with van der Waals surface area (Å²) in [5.74, 6) is 0. The second-order valence-corrected chi connectivity index (χ2v) is 4.15. The fourth-order valence-corrected chi connectivity index (χ4v) is 1.90. The first-order chi connectivity index (χ1) is 10.0. The highest BCUT2D eigenvalue weighted by atomic mass is 16.5. The standard InChI is InChI=1S/C10H15N3O4.2C2H6/c1-5-4-13(10(16)12-9(5)15)8-2-6(14)7(3-11)17-8;2*1-2/h4,6-8,14H,2-3,11H2,1H3,(H,12,15,16);2*1-2H3. The molecule has 0 spiro atoms. The molecule has 0 amide bonds. The Kier molecular flexibility index (Phi) is 8.84. The van der Waals surface area contributed by atoms with Crippen molar-refractivity contribution in [2.45, 2.75) is 59.5 Å². The summed E-state index contributed by atoms with van der Waals surface area (Å²) >= 11 is 0. The number of rotatable bonds is 2. The van der Waals surface area contributed by atoms with E-state index in [1.165, 1.54) is 10.8 Å². The Morgan fingerprint density at radius 3 is 2.43 bits per heavy atom. The van der Waals surface area contributed by atoms with Gasteiger partial charge in [0.05, 0.1) is 12.2 Å². The van der Waals surface area contributed by atoms with E-state index in [1.807, 2.05) is 27.7 Å². The second-order valence-electron chi connectivity index (χ2n) is 4.15. The van der Waals surface area contributed by atoms with E-state index >= 15 is 0 Å². The Hall–Kier alpha value is -1.44. The normalized spacial score (nSPS) is 23.7. The van der Waals surface area contributed by atoms with E-state index in [-0.39, 0.29) is 13.0 Å². The first-order valence-corrected chi connectivity index (χ1v) is 7.38. The molecule has 2 rings (SSSR count). The van der Waals surface area contributed by atoms with Crippen molar-refractivity contribution in [2.75, 3.05) is 6.54 Å². The Morgan fingerprint density at radius 1 is 1.38 bits per heavy atom. The van der Waals surface area contributed by atoms with Crippen LogP contribution in [0.25, 0.3) is 0 Å². The van der Waals surface area contributed by atoms with Gasteiger partial charge in [0.1, 0.15) is 6.23 Å². The number of aliphatic hydroxyl groups is 1. The van der Waals surface area contributed by atoms with Gasteiger partial charge in [-0.25, -0.2) is 4.79 Å². The van der Waals surface area contributed by atoms with E-state index < -0.39 is 29.7 Å². The van der Waals surface area contributed by atoms with Crippen LogP contribution >= 0.6 is 0 Å². The monoisotopic (exact) mass is 301 g/mol. The number of nitrogens with one attached hydrogen (secondary N) is 1. The highest BCUT2D eigenvalue weighted by molar-refractivity contribution is 5.02. The van der Waals surface area contributed by atoms with E-state index in [9.17, 15) is 14.7 Å². The third kappa shape index (κ3) is 4.80. The fraction of sp³-hybridized carbons (Fsp3) is 0.714. The molecule has 1 aromatic rings. The van der Waals surface area contributed by atoms with Gasteiger partial charge in [-0.2, -0.15) is 0 Å². The van der Waals surface area contributed by atoms with E-state index in [0.717, 1.165) is 0 Å². The number of hydrogen-bond acceptors (Lipinski definition) is 5. The van der Waals surface area contributed by atoms with Crippen molar-refractivity contribution in [2.24, 2.45) is 5.73 Å². The summed E-state index contributed by atoms with van der Waals surface area (Å²) in [6, 6.07) is 0. The number of nitrogens with zero attached hydrogens (tertiary/aromatic N) is 1. The number of aromatic nitrogens is 2. The van der Waals surface area contributed by atoms with Gasteiger partial charge in [-0.15, -0.1) is 0 Å². The molecule has 1 aliphatic rings. The van der Waals surface area contributed by atoms with Crippen molar-refractivity contribution < 1.29 is 9.84 Å². The molecule has 0 aliphatic carbocycles. The summed E-state index contributed by atoms with van der Waals surface area (Å²) in [6.45, 7) is 9.79. The summed E-state index contributed by atoms with van der Waals surface area (Å²) in [5, 5.41) is 9.64. The molecule has 0 saturated carbocycles. The van der Waals surface area contributed by atoms with Gasteiger partial charge in [0, 0.05) is 24.7 Å². The van der Waals surface area contributed by atoms with Crippen LogP contribution in [-0.2, 0) is 4.74 Å². The number of ether oxygens (including phenoxy) is 1. The summed E-state index contributed by atoms with van der Waals surface area (Å²) in [7, 11) is 0. The maximum Gasteiger partial charge on any atom is 0.330 e. The largest absolute Gasteiger partial charge is 0.390 e. The van der Waals surface area contributed by atoms with Crippen LogP contribution in [0.2, 0.25) is 0 Å². The molecule has 122 valence electrons. The van der Waals surface area contributed by atoms with Gasteiger partial charge in [-0.05, 0) is 6.92 Å². The zero-order valence-corrected chi connectivity index (χ0v) is 13.4. The minimum Gasteiger partial charge on any atom is -0.390 e. The minimum atomic E-state index is -0.691. The lowest BCUT2D eigenvalue weighted by Gasteiger charge is -2.14. The topological polar surface area (TPSA) is 110 Å². The lowest BCUT2D eigenvalue weighted by molar-refractivity contribution is -0.0152. The van der Waals surface area contributed by atoms with E-state index in [2.05, 4.69) is 4.98 Å². The predicted molar refractivity (Wildman–Crippen MR) is 82.3 cm³/mol. The average molecular weight is 301 g/mol. The van der Waals surface area contributed by atoms with Crippen LogP contribution in [0.15, 0.2) is 15.8 Å². The van der Waals surface area contributed by atoms with Crippen molar-refractivity contribution >= 4 is 0 Å². The molecule has 3 unspecified atom stereocenters. The van der Waals surface area contributed by atoms with Crippen LogP contribution in [0.5, 0.6) is 0 Å². The van der Waals surface area contributed by atoms with Crippen molar-refractivity contribution in [3.63, 3.8) is 0 Å². The van der Waals surface area contributed by atoms with Crippen LogP contribution in [0.4, 0.5) is 0 Å². The molecule has 0 bridgehead atoms. The third-order valence-electron chi connectivity index (χ3n) is 2.89. The van der Waals surface area contributed by atoms with Gasteiger partial charge in [-0.1, -0.05) is 27.7 Å². The number of aryl methyl sites for hydroxylation is 1. The molecule has 21 heavy (non-hydrogen) atoms. The molecule has 7 heteroatoms. The third-order valence-corrected chi connectivity index (χ3v) is 2.89. The van der Waals surface area contributed by atoms with Crippen LogP contribution < -0.4 is 17.0 Å². The number of aromatic amines is 1. The first-order valence-electron chi connectivity index (χ1n) is 7.38. The zero-order valence-electron chi connectivity index (χ0n) is 13.4. The molecule has 0 radical (unpaired) electrons. The van der Waals surface area contributed by atoms with Gasteiger partial charge < -0.3 is 15.6 Å². The summed E-state index contributed by atoms with van der Waals surface area (Å²) in [5.41, 5.74) is 4.88. The van der Waals surface area contributed by atoms with Gasteiger partial charge in [0.25, 0.3) is 5.56 Å². The average Bonchev–Trinajstić information content (AvgIpc) is 2.88. The maximum absolute atomic E-state index is 11.6. The summed E-state index contributed by atoms with van der Waals surface area (Å²) in [6.07, 6.45) is -0.0325. The van der Waals surface area contributed by atoms with Gasteiger partial charge in [0.2, 0.25) is 0 Å². The first kappa shape index (κ1) is 19.6. The van der Waals surface area contributed by atoms with E-state index in [1.54, 1.807) is 6.92 Å². The fourth-order valence-electron chi connectivity index (χ4n) is 1.90. The minimum absolute atomic E-state index is 0.189. The molecular formula is C14H27N3O4. The molecule has 3 atom stereocenters. The lowest BCUT2D eigenvalue weighted by Crippen LogP contribution is -2.33. The lowest BCUT2D eigenvalue weighted by atomic mass is 10.2. The van der Waals surface area contributed by atoms with Crippen molar-refractivity contribution in [3.8, 4) is 0 Å². The Labute approximate surface area is 124 Å². The SMILES string of the molecule is CC.CC.Cc1cn(C2CC(O)C(CN)O2)c(=O)[nH]c1=O. The van der Waals surface area contributed by atoms with E-state index in [4.69, 9.17) is 10.5 Å². The summed E-state index contributed by atoms with van der Waals surface area (Å²) < 4.78 is 6.72. The van der Waals surface area contributed by atoms with Crippen LogP contribution in [-0.4, -0.2) is 33.4 Å². The van der Waals surface area contributed by atoms with Crippen LogP contribution in [0.1, 0.15) is 45.9 Å². The molecule has 0 aromatic carbocycles. The van der Waals surface area contributed by atoms with Gasteiger partial charge in [-0.3, -0.25) is 14.3 Å². The van der Waals surface area contributed by atoms with Crippen LogP contribution in [0, 0.1) is 6.92 Å². The molecule has 1 fully saturated rings. The Morgan fingerprint density at radius 2 is 1.95 bits per heavy atom. The number of H-pyrrole nitrogens is 1. The highest BCUT2D eigenvalue weighted by Crippen LogP contribution is 2.26. The molecule has 2 heterocycles. The van der Waals surface area contributed by atoms with Gasteiger partial charge in [0.15, 0.2) is 0 Å². The number of aliphatic hydroxyl groups excluding tert-OH is 1. The molecular weight excluding hydrogens is 274 g/mol. The Bertz CT molecular complexity index is 524. The second kappa shape index (κ2) is 9.49.